The molecule has 0 bridgehead atoms. The first-order valence-electron chi connectivity index (χ1n) is 6.47. The average Bonchev–Trinajstić information content (AvgIpc) is 2.71. The van der Waals surface area contributed by atoms with Gasteiger partial charge in [0.2, 0.25) is 0 Å². The number of benzene rings is 1. The summed E-state index contributed by atoms with van der Waals surface area (Å²) in [6, 6.07) is 2.82. The van der Waals surface area contributed by atoms with Crippen LogP contribution in [0.3, 0.4) is 0 Å². The van der Waals surface area contributed by atoms with Crippen LogP contribution in [0.5, 0.6) is 0 Å². The zero-order valence-corrected chi connectivity index (χ0v) is 10.7. The summed E-state index contributed by atoms with van der Waals surface area (Å²) >= 11 is 0. The summed E-state index contributed by atoms with van der Waals surface area (Å²) in [5.41, 5.74) is 0.00587. The molecule has 1 fully saturated rings. The summed E-state index contributed by atoms with van der Waals surface area (Å²) in [5, 5.41) is 10.7. The van der Waals surface area contributed by atoms with Crippen LogP contribution < -0.4 is 0 Å². The van der Waals surface area contributed by atoms with E-state index >= 15 is 0 Å². The van der Waals surface area contributed by atoms with Crippen molar-refractivity contribution in [2.75, 3.05) is 26.3 Å². The van der Waals surface area contributed by atoms with E-state index in [0.717, 1.165) is 6.07 Å². The number of rotatable bonds is 2. The Balaban J connectivity index is 1.93. The largest absolute Gasteiger partial charge is 0.379 e. The molecular weight excluding hydrogens is 270 g/mol. The maximum atomic E-state index is 14.5. The molecule has 7 heteroatoms. The molecule has 1 aromatic rings. The number of hydrogen-bond acceptors (Lipinski definition) is 4. The standard InChI is InChI=1S/C13H14F2N2O3/c14-13(15)11-8-10(17(18)19)2-1-9(11)7-12(13)16-3-5-20-6-4-16/h1-2,8,12H,3-7H2. The molecule has 1 heterocycles. The zero-order valence-electron chi connectivity index (χ0n) is 10.7. The minimum Gasteiger partial charge on any atom is -0.379 e. The summed E-state index contributed by atoms with van der Waals surface area (Å²) in [6.07, 6.45) is 0.223. The SMILES string of the molecule is O=[N+]([O-])c1ccc2c(c1)C(F)(F)C(N1CCOCC1)C2. The number of alkyl halides is 2. The van der Waals surface area contributed by atoms with Gasteiger partial charge in [0.25, 0.3) is 11.6 Å². The summed E-state index contributed by atoms with van der Waals surface area (Å²) in [4.78, 5) is 11.8. The number of morpholine rings is 1. The summed E-state index contributed by atoms with van der Waals surface area (Å²) in [5.74, 6) is -3.06. The Morgan fingerprint density at radius 3 is 2.70 bits per heavy atom. The van der Waals surface area contributed by atoms with E-state index in [1.165, 1.54) is 12.1 Å². The molecule has 108 valence electrons. The fraction of sp³-hybridized carbons (Fsp3) is 0.538. The fourth-order valence-corrected chi connectivity index (χ4v) is 2.93. The lowest BCUT2D eigenvalue weighted by atomic mass is 10.1. The fourth-order valence-electron chi connectivity index (χ4n) is 2.93. The van der Waals surface area contributed by atoms with Crippen LogP contribution >= 0.6 is 0 Å². The van der Waals surface area contributed by atoms with Crippen molar-refractivity contribution >= 4 is 5.69 Å². The van der Waals surface area contributed by atoms with Crippen molar-refractivity contribution in [3.05, 3.63) is 39.4 Å². The smallest absolute Gasteiger partial charge is 0.289 e. The minimum atomic E-state index is -3.06. The molecule has 1 aliphatic heterocycles. The number of hydrogen-bond donors (Lipinski definition) is 0. The topological polar surface area (TPSA) is 55.6 Å². The van der Waals surface area contributed by atoms with Crippen molar-refractivity contribution in [3.8, 4) is 0 Å². The van der Waals surface area contributed by atoms with Crippen LogP contribution in [0.2, 0.25) is 0 Å². The third-order valence-electron chi connectivity index (χ3n) is 3.98. The quantitative estimate of drug-likeness (QED) is 0.615. The van der Waals surface area contributed by atoms with Gasteiger partial charge in [-0.25, -0.2) is 0 Å². The summed E-state index contributed by atoms with van der Waals surface area (Å²) in [7, 11) is 0. The van der Waals surface area contributed by atoms with Gasteiger partial charge >= 0.3 is 0 Å². The Labute approximate surface area is 114 Å². The van der Waals surface area contributed by atoms with Gasteiger partial charge < -0.3 is 4.74 Å². The maximum absolute atomic E-state index is 14.5. The summed E-state index contributed by atoms with van der Waals surface area (Å²) in [6.45, 7) is 1.83. The molecule has 1 unspecified atom stereocenters. The maximum Gasteiger partial charge on any atom is 0.289 e. The normalized spacial score (nSPS) is 25.4. The molecule has 0 radical (unpaired) electrons. The van der Waals surface area contributed by atoms with E-state index in [0.29, 0.717) is 31.9 Å². The second-order valence-electron chi connectivity index (χ2n) is 5.09. The lowest BCUT2D eigenvalue weighted by Gasteiger charge is -2.35. The van der Waals surface area contributed by atoms with Crippen LogP contribution in [0.1, 0.15) is 11.1 Å². The molecule has 0 saturated carbocycles. The molecular formula is C13H14F2N2O3. The molecule has 5 nitrogen and oxygen atoms in total. The van der Waals surface area contributed by atoms with Crippen LogP contribution in [0, 0.1) is 10.1 Å². The van der Waals surface area contributed by atoms with Crippen molar-refractivity contribution in [3.63, 3.8) is 0 Å². The number of non-ortho nitro benzene ring substituents is 1. The molecule has 2 aliphatic rings. The van der Waals surface area contributed by atoms with Crippen LogP contribution in [0.4, 0.5) is 14.5 Å². The van der Waals surface area contributed by atoms with E-state index in [9.17, 15) is 18.9 Å². The third kappa shape index (κ3) is 2.06. The molecule has 1 atom stereocenters. The van der Waals surface area contributed by atoms with E-state index in [-0.39, 0.29) is 17.7 Å². The Morgan fingerprint density at radius 2 is 2.05 bits per heavy atom. The molecule has 0 N–H and O–H groups in total. The molecule has 1 aromatic carbocycles. The first-order chi connectivity index (χ1) is 9.50. The number of fused-ring (bicyclic) bond motifs is 1. The Hall–Kier alpha value is -1.60. The van der Waals surface area contributed by atoms with Gasteiger partial charge in [-0.1, -0.05) is 6.07 Å². The molecule has 0 spiro atoms. The molecule has 0 aromatic heterocycles. The Morgan fingerprint density at radius 1 is 1.35 bits per heavy atom. The molecule has 20 heavy (non-hydrogen) atoms. The number of ether oxygens (including phenoxy) is 1. The van der Waals surface area contributed by atoms with E-state index < -0.39 is 16.9 Å². The first-order valence-corrected chi connectivity index (χ1v) is 6.47. The highest BCUT2D eigenvalue weighted by Crippen LogP contribution is 2.45. The second kappa shape index (κ2) is 4.75. The number of nitro benzene ring substituents is 1. The van der Waals surface area contributed by atoms with Gasteiger partial charge in [-0.3, -0.25) is 15.0 Å². The van der Waals surface area contributed by atoms with Crippen molar-refractivity contribution in [2.24, 2.45) is 0 Å². The number of nitro groups is 1. The summed E-state index contributed by atoms with van der Waals surface area (Å²) < 4.78 is 34.2. The van der Waals surface area contributed by atoms with E-state index in [2.05, 4.69) is 0 Å². The van der Waals surface area contributed by atoms with Gasteiger partial charge in [0.05, 0.1) is 24.2 Å². The lowest BCUT2D eigenvalue weighted by molar-refractivity contribution is -0.385. The highest BCUT2D eigenvalue weighted by Gasteiger charge is 2.51. The van der Waals surface area contributed by atoms with Crippen LogP contribution in [0.15, 0.2) is 18.2 Å². The van der Waals surface area contributed by atoms with Crippen molar-refractivity contribution in [2.45, 2.75) is 18.4 Å². The predicted octanol–water partition coefficient (Wildman–Crippen LogP) is 1.94. The van der Waals surface area contributed by atoms with Gasteiger partial charge in [0, 0.05) is 30.8 Å². The van der Waals surface area contributed by atoms with Crippen molar-refractivity contribution < 1.29 is 18.4 Å². The van der Waals surface area contributed by atoms with Gasteiger partial charge in [-0.15, -0.1) is 0 Å². The van der Waals surface area contributed by atoms with Crippen molar-refractivity contribution in [1.82, 2.24) is 4.90 Å². The zero-order chi connectivity index (χ0) is 14.3. The van der Waals surface area contributed by atoms with Crippen molar-refractivity contribution in [1.29, 1.82) is 0 Å². The van der Waals surface area contributed by atoms with Gasteiger partial charge in [-0.2, -0.15) is 8.78 Å². The van der Waals surface area contributed by atoms with Crippen LogP contribution in [-0.2, 0) is 17.1 Å². The van der Waals surface area contributed by atoms with Crippen LogP contribution in [-0.4, -0.2) is 42.2 Å². The van der Waals surface area contributed by atoms with Gasteiger partial charge in [-0.05, 0) is 12.0 Å². The monoisotopic (exact) mass is 284 g/mol. The minimum absolute atomic E-state index is 0.205. The van der Waals surface area contributed by atoms with Gasteiger partial charge in [0.15, 0.2) is 0 Å². The van der Waals surface area contributed by atoms with Crippen LogP contribution in [0.25, 0.3) is 0 Å². The van der Waals surface area contributed by atoms with E-state index in [1.807, 2.05) is 0 Å². The third-order valence-corrected chi connectivity index (χ3v) is 3.98. The number of nitrogens with zero attached hydrogens (tertiary/aromatic N) is 2. The molecule has 0 amide bonds. The van der Waals surface area contributed by atoms with E-state index in [4.69, 9.17) is 4.74 Å². The average molecular weight is 284 g/mol. The molecule has 1 aliphatic carbocycles. The Bertz CT molecular complexity index is 544. The Kier molecular flexibility index (Phi) is 3.18. The molecule has 3 rings (SSSR count). The highest BCUT2D eigenvalue weighted by molar-refractivity contribution is 5.46. The molecule has 1 saturated heterocycles. The predicted molar refractivity (Wildman–Crippen MR) is 66.9 cm³/mol. The number of halogens is 2. The first kappa shape index (κ1) is 13.4. The highest BCUT2D eigenvalue weighted by atomic mass is 19.3. The van der Waals surface area contributed by atoms with Gasteiger partial charge in [0.1, 0.15) is 0 Å². The van der Waals surface area contributed by atoms with E-state index in [1.54, 1.807) is 4.90 Å². The second-order valence-corrected chi connectivity index (χ2v) is 5.09. The lowest BCUT2D eigenvalue weighted by Crippen LogP contribution is -2.49.